The monoisotopic (exact) mass is 373 g/mol. The highest BCUT2D eigenvalue weighted by molar-refractivity contribution is 7.89. The molecule has 0 radical (unpaired) electrons. The number of sulfonamides is 1. The van der Waals surface area contributed by atoms with Crippen LogP contribution in [0.2, 0.25) is 15.1 Å². The molecule has 0 bridgehead atoms. The van der Waals surface area contributed by atoms with Gasteiger partial charge in [-0.25, -0.2) is 13.1 Å². The molecule has 1 aromatic carbocycles. The van der Waals surface area contributed by atoms with E-state index in [2.05, 4.69) is 4.72 Å². The van der Waals surface area contributed by atoms with Gasteiger partial charge in [-0.2, -0.15) is 0 Å². The second-order valence-corrected chi connectivity index (χ2v) is 8.92. The molecule has 1 unspecified atom stereocenters. The van der Waals surface area contributed by atoms with Gasteiger partial charge in [-0.1, -0.05) is 55.6 Å². The normalized spacial score (nSPS) is 14.2. The topological polar surface area (TPSA) is 66.4 Å². The zero-order chi connectivity index (χ0) is 16.4. The van der Waals surface area contributed by atoms with Gasteiger partial charge in [0.1, 0.15) is 4.90 Å². The minimum absolute atomic E-state index is 0.0645. The molecule has 120 valence electrons. The Kier molecular flexibility index (Phi) is 6.36. The molecular formula is C13H18Cl3NO3S. The van der Waals surface area contributed by atoms with Crippen molar-refractivity contribution in [2.75, 3.05) is 6.54 Å². The third kappa shape index (κ3) is 5.93. The molecule has 0 aliphatic carbocycles. The van der Waals surface area contributed by atoms with Gasteiger partial charge in [0.25, 0.3) is 0 Å². The Morgan fingerprint density at radius 2 is 1.67 bits per heavy atom. The molecule has 4 nitrogen and oxygen atoms in total. The fourth-order valence-electron chi connectivity index (χ4n) is 1.84. The summed E-state index contributed by atoms with van der Waals surface area (Å²) in [6.07, 6.45) is -0.345. The number of nitrogens with one attached hydrogen (secondary N) is 1. The van der Waals surface area contributed by atoms with Gasteiger partial charge in [0, 0.05) is 11.6 Å². The number of aliphatic hydroxyl groups excluding tert-OH is 1. The quantitative estimate of drug-likeness (QED) is 0.825. The molecule has 0 aliphatic heterocycles. The van der Waals surface area contributed by atoms with Gasteiger partial charge >= 0.3 is 0 Å². The van der Waals surface area contributed by atoms with Crippen LogP contribution in [0, 0.1) is 5.41 Å². The zero-order valence-corrected chi connectivity index (χ0v) is 15.0. The highest BCUT2D eigenvalue weighted by Gasteiger charge is 2.24. The molecule has 8 heteroatoms. The van der Waals surface area contributed by atoms with Gasteiger partial charge < -0.3 is 5.11 Å². The Morgan fingerprint density at radius 1 is 1.19 bits per heavy atom. The van der Waals surface area contributed by atoms with Gasteiger partial charge in [0.2, 0.25) is 10.0 Å². The van der Waals surface area contributed by atoms with Gasteiger partial charge in [-0.3, -0.25) is 0 Å². The second-order valence-electron chi connectivity index (χ2n) is 5.97. The Bertz CT molecular complexity index is 589. The fraction of sp³-hybridized carbons (Fsp3) is 0.538. The summed E-state index contributed by atoms with van der Waals surface area (Å²) < 4.78 is 26.8. The van der Waals surface area contributed by atoms with Gasteiger partial charge in [0.15, 0.2) is 0 Å². The maximum Gasteiger partial charge on any atom is 0.243 e. The first-order chi connectivity index (χ1) is 9.42. The lowest BCUT2D eigenvalue weighted by molar-refractivity contribution is 0.125. The minimum atomic E-state index is -3.92. The van der Waals surface area contributed by atoms with Crippen LogP contribution in [0.4, 0.5) is 0 Å². The van der Waals surface area contributed by atoms with Crippen LogP contribution in [0.15, 0.2) is 17.0 Å². The Morgan fingerprint density at radius 3 is 2.10 bits per heavy atom. The number of benzene rings is 1. The number of hydrogen-bond acceptors (Lipinski definition) is 3. The maximum atomic E-state index is 12.2. The lowest BCUT2D eigenvalue weighted by atomic mass is 9.89. The average molecular weight is 375 g/mol. The predicted molar refractivity (Wildman–Crippen MR) is 86.7 cm³/mol. The van der Waals surface area contributed by atoms with E-state index in [0.717, 1.165) is 0 Å². The number of rotatable bonds is 5. The number of aliphatic hydroxyl groups is 1. The third-order valence-corrected chi connectivity index (χ3v) is 5.15. The fourth-order valence-corrected chi connectivity index (χ4v) is 4.46. The van der Waals surface area contributed by atoms with Crippen LogP contribution in [0.5, 0.6) is 0 Å². The lowest BCUT2D eigenvalue weighted by Gasteiger charge is -2.22. The van der Waals surface area contributed by atoms with Crippen LogP contribution in [0.3, 0.4) is 0 Å². The van der Waals surface area contributed by atoms with E-state index in [1.54, 1.807) is 0 Å². The molecule has 0 fully saturated rings. The van der Waals surface area contributed by atoms with Crippen LogP contribution < -0.4 is 4.72 Å². The average Bonchev–Trinajstić information content (AvgIpc) is 2.22. The van der Waals surface area contributed by atoms with Crippen LogP contribution in [-0.4, -0.2) is 26.2 Å². The molecule has 0 saturated heterocycles. The highest BCUT2D eigenvalue weighted by atomic mass is 35.5. The van der Waals surface area contributed by atoms with Gasteiger partial charge in [-0.15, -0.1) is 0 Å². The van der Waals surface area contributed by atoms with E-state index in [1.807, 2.05) is 20.8 Å². The molecule has 0 aliphatic rings. The number of halogens is 3. The van der Waals surface area contributed by atoms with Crippen molar-refractivity contribution in [1.29, 1.82) is 0 Å². The largest absolute Gasteiger partial charge is 0.392 e. The van der Waals surface area contributed by atoms with Crippen LogP contribution >= 0.6 is 34.8 Å². The molecule has 0 heterocycles. The molecule has 1 atom stereocenters. The SMILES string of the molecule is CC(C)(C)CC(O)CNS(=O)(=O)c1c(Cl)cc(Cl)cc1Cl. The van der Waals surface area contributed by atoms with E-state index in [-0.39, 0.29) is 31.9 Å². The molecule has 2 N–H and O–H groups in total. The van der Waals surface area contributed by atoms with E-state index >= 15 is 0 Å². The summed E-state index contributed by atoms with van der Waals surface area (Å²) in [4.78, 5) is -0.238. The highest BCUT2D eigenvalue weighted by Crippen LogP contribution is 2.32. The lowest BCUT2D eigenvalue weighted by Crippen LogP contribution is -2.34. The Labute approximate surface area is 140 Å². The standard InChI is InChI=1S/C13H18Cl3NO3S/c1-13(2,3)6-9(18)7-17-21(19,20)12-10(15)4-8(14)5-11(12)16/h4-5,9,17-18H,6-7H2,1-3H3. The van der Waals surface area contributed by atoms with Crippen LogP contribution in [-0.2, 0) is 10.0 Å². The van der Waals surface area contributed by atoms with E-state index in [0.29, 0.717) is 6.42 Å². The summed E-state index contributed by atoms with van der Waals surface area (Å²) in [5, 5.41) is 9.98. The summed E-state index contributed by atoms with van der Waals surface area (Å²) in [6, 6.07) is 2.60. The summed E-state index contributed by atoms with van der Waals surface area (Å²) in [5.41, 5.74) is -0.111. The molecule has 1 aromatic rings. The van der Waals surface area contributed by atoms with Crippen molar-refractivity contribution in [3.05, 3.63) is 27.2 Å². The van der Waals surface area contributed by atoms with Gasteiger partial charge in [0.05, 0.1) is 16.1 Å². The second kappa shape index (κ2) is 7.02. The van der Waals surface area contributed by atoms with Crippen LogP contribution in [0.1, 0.15) is 27.2 Å². The molecule has 0 aromatic heterocycles. The van der Waals surface area contributed by atoms with E-state index in [1.165, 1.54) is 12.1 Å². The Hall–Kier alpha value is -0.0400. The van der Waals surface area contributed by atoms with Crippen molar-refractivity contribution < 1.29 is 13.5 Å². The smallest absolute Gasteiger partial charge is 0.243 e. The third-order valence-electron chi connectivity index (χ3n) is 2.59. The Balaban J connectivity index is 2.89. The summed E-state index contributed by atoms with van der Waals surface area (Å²) in [5.74, 6) is 0. The van der Waals surface area contributed by atoms with Crippen molar-refractivity contribution in [1.82, 2.24) is 4.72 Å². The van der Waals surface area contributed by atoms with E-state index < -0.39 is 16.1 Å². The first kappa shape index (κ1) is 19.0. The van der Waals surface area contributed by atoms with Crippen molar-refractivity contribution in [3.8, 4) is 0 Å². The summed E-state index contributed by atoms with van der Waals surface area (Å²) >= 11 is 17.5. The minimum Gasteiger partial charge on any atom is -0.392 e. The molecular weight excluding hydrogens is 357 g/mol. The zero-order valence-electron chi connectivity index (χ0n) is 12.0. The first-order valence-electron chi connectivity index (χ1n) is 6.25. The van der Waals surface area contributed by atoms with Crippen molar-refractivity contribution in [3.63, 3.8) is 0 Å². The molecule has 0 spiro atoms. The summed E-state index contributed by atoms with van der Waals surface area (Å²) in [6.45, 7) is 5.75. The molecule has 0 saturated carbocycles. The summed E-state index contributed by atoms with van der Waals surface area (Å²) in [7, 11) is -3.92. The maximum absolute atomic E-state index is 12.2. The molecule has 21 heavy (non-hydrogen) atoms. The van der Waals surface area contributed by atoms with Crippen molar-refractivity contribution in [2.24, 2.45) is 5.41 Å². The van der Waals surface area contributed by atoms with E-state index in [4.69, 9.17) is 34.8 Å². The predicted octanol–water partition coefficient (Wildman–Crippen LogP) is 3.72. The first-order valence-corrected chi connectivity index (χ1v) is 8.86. The van der Waals surface area contributed by atoms with Crippen molar-refractivity contribution in [2.45, 2.75) is 38.2 Å². The number of hydrogen-bond donors (Lipinski definition) is 2. The van der Waals surface area contributed by atoms with E-state index in [9.17, 15) is 13.5 Å². The molecule has 0 amide bonds. The van der Waals surface area contributed by atoms with Crippen LogP contribution in [0.25, 0.3) is 0 Å². The van der Waals surface area contributed by atoms with Crippen molar-refractivity contribution >= 4 is 44.8 Å². The molecule has 1 rings (SSSR count). The van der Waals surface area contributed by atoms with Gasteiger partial charge in [-0.05, 0) is 24.0 Å².